The van der Waals surface area contributed by atoms with Crippen LogP contribution in [0.15, 0.2) is 18.2 Å². The molecule has 0 aliphatic carbocycles. The number of hydrogen-bond acceptors (Lipinski definition) is 4. The van der Waals surface area contributed by atoms with Gasteiger partial charge in [-0.1, -0.05) is 26.8 Å². The minimum Gasteiger partial charge on any atom is -0.454 e. The Hall–Kier alpha value is -1.26. The predicted molar refractivity (Wildman–Crippen MR) is 81.3 cm³/mol. The van der Waals surface area contributed by atoms with Crippen LogP contribution in [-0.4, -0.2) is 38.4 Å². The molecule has 0 saturated carbocycles. The quantitative estimate of drug-likeness (QED) is 0.831. The van der Waals surface area contributed by atoms with E-state index in [1.807, 2.05) is 6.07 Å². The van der Waals surface area contributed by atoms with Gasteiger partial charge >= 0.3 is 0 Å². The molecule has 1 aromatic carbocycles. The van der Waals surface area contributed by atoms with Crippen molar-refractivity contribution in [3.05, 3.63) is 23.8 Å². The molecule has 4 heteroatoms. The van der Waals surface area contributed by atoms with Crippen molar-refractivity contribution >= 4 is 0 Å². The Balaban J connectivity index is 2.07. The summed E-state index contributed by atoms with van der Waals surface area (Å²) in [5, 5.41) is 3.56. The summed E-state index contributed by atoms with van der Waals surface area (Å²) in [5.41, 5.74) is 1.26. The second-order valence-electron chi connectivity index (χ2n) is 5.84. The zero-order chi connectivity index (χ0) is 14.5. The molecule has 0 fully saturated rings. The molecule has 1 unspecified atom stereocenters. The van der Waals surface area contributed by atoms with Crippen molar-refractivity contribution in [2.75, 3.05) is 33.5 Å². The van der Waals surface area contributed by atoms with E-state index in [0.717, 1.165) is 31.1 Å². The summed E-state index contributed by atoms with van der Waals surface area (Å²) in [7, 11) is 2.18. The number of ether oxygens (including phenoxy) is 2. The van der Waals surface area contributed by atoms with Gasteiger partial charge in [0.05, 0.1) is 0 Å². The third-order valence-corrected chi connectivity index (χ3v) is 3.42. The zero-order valence-corrected chi connectivity index (χ0v) is 13.0. The fraction of sp³-hybridized carbons (Fsp3) is 0.625. The maximum Gasteiger partial charge on any atom is 0.231 e. The zero-order valence-electron chi connectivity index (χ0n) is 13.0. The Labute approximate surface area is 122 Å². The third kappa shape index (κ3) is 3.87. The molecule has 0 radical (unpaired) electrons. The van der Waals surface area contributed by atoms with Crippen LogP contribution in [0.3, 0.4) is 0 Å². The van der Waals surface area contributed by atoms with Gasteiger partial charge in [0.2, 0.25) is 6.79 Å². The summed E-state index contributed by atoms with van der Waals surface area (Å²) < 4.78 is 10.8. The molecule has 112 valence electrons. The molecule has 0 amide bonds. The lowest BCUT2D eigenvalue weighted by molar-refractivity contribution is 0.174. The van der Waals surface area contributed by atoms with Crippen LogP contribution in [0.5, 0.6) is 11.5 Å². The third-order valence-electron chi connectivity index (χ3n) is 3.42. The van der Waals surface area contributed by atoms with E-state index >= 15 is 0 Å². The van der Waals surface area contributed by atoms with Gasteiger partial charge in [0.25, 0.3) is 0 Å². The summed E-state index contributed by atoms with van der Waals surface area (Å²) in [6.45, 7) is 10.0. The van der Waals surface area contributed by atoms with E-state index in [0.29, 0.717) is 18.8 Å². The number of benzene rings is 1. The summed E-state index contributed by atoms with van der Waals surface area (Å²) in [6.07, 6.45) is 0. The second-order valence-corrected chi connectivity index (χ2v) is 5.84. The summed E-state index contributed by atoms with van der Waals surface area (Å²) >= 11 is 0. The Kier molecular flexibility index (Phi) is 5.26. The van der Waals surface area contributed by atoms with E-state index in [1.165, 1.54) is 5.56 Å². The minimum absolute atomic E-state index is 0.318. The van der Waals surface area contributed by atoms with Crippen LogP contribution in [-0.2, 0) is 0 Å². The highest BCUT2D eigenvalue weighted by Crippen LogP contribution is 2.34. The lowest BCUT2D eigenvalue weighted by Gasteiger charge is -2.26. The molecule has 1 aliphatic heterocycles. The molecule has 1 atom stereocenters. The van der Waals surface area contributed by atoms with Gasteiger partial charge < -0.3 is 19.7 Å². The van der Waals surface area contributed by atoms with Crippen LogP contribution in [0.2, 0.25) is 0 Å². The maximum absolute atomic E-state index is 5.47. The smallest absolute Gasteiger partial charge is 0.231 e. The van der Waals surface area contributed by atoms with Gasteiger partial charge in [-0.05, 0) is 37.2 Å². The van der Waals surface area contributed by atoms with Crippen molar-refractivity contribution in [2.24, 2.45) is 5.92 Å². The molecule has 1 N–H and O–H groups in total. The van der Waals surface area contributed by atoms with Crippen molar-refractivity contribution in [1.82, 2.24) is 10.2 Å². The normalized spacial score (nSPS) is 15.1. The Morgan fingerprint density at radius 3 is 2.65 bits per heavy atom. The number of nitrogens with one attached hydrogen (secondary N) is 1. The SMILES string of the molecule is CCNC(CN(C)CC(C)C)c1ccc2c(c1)OCO2. The van der Waals surface area contributed by atoms with Crippen LogP contribution in [0.4, 0.5) is 0 Å². The second kappa shape index (κ2) is 6.95. The van der Waals surface area contributed by atoms with E-state index in [-0.39, 0.29) is 0 Å². The Morgan fingerprint density at radius 2 is 1.95 bits per heavy atom. The molecule has 1 aromatic rings. The number of hydrogen-bond donors (Lipinski definition) is 1. The van der Waals surface area contributed by atoms with Crippen LogP contribution in [0, 0.1) is 5.92 Å². The lowest BCUT2D eigenvalue weighted by atomic mass is 10.0. The van der Waals surface area contributed by atoms with Crippen molar-refractivity contribution < 1.29 is 9.47 Å². The first-order chi connectivity index (χ1) is 9.60. The highest BCUT2D eigenvalue weighted by molar-refractivity contribution is 5.45. The molecule has 0 saturated heterocycles. The molecular formula is C16H26N2O2. The Morgan fingerprint density at radius 1 is 1.20 bits per heavy atom. The van der Waals surface area contributed by atoms with Crippen LogP contribution in [0.1, 0.15) is 32.4 Å². The van der Waals surface area contributed by atoms with Gasteiger partial charge in [0, 0.05) is 19.1 Å². The summed E-state index contributed by atoms with van der Waals surface area (Å²) in [5.74, 6) is 2.38. The van der Waals surface area contributed by atoms with Crippen LogP contribution >= 0.6 is 0 Å². The first-order valence-corrected chi connectivity index (χ1v) is 7.41. The lowest BCUT2D eigenvalue weighted by Crippen LogP contribution is -2.34. The molecule has 4 nitrogen and oxygen atoms in total. The first kappa shape index (κ1) is 15.1. The summed E-state index contributed by atoms with van der Waals surface area (Å²) in [6, 6.07) is 6.55. The van der Waals surface area contributed by atoms with E-state index in [9.17, 15) is 0 Å². The number of nitrogens with zero attached hydrogens (tertiary/aromatic N) is 1. The topological polar surface area (TPSA) is 33.7 Å². The van der Waals surface area contributed by atoms with Crippen molar-refractivity contribution in [1.29, 1.82) is 0 Å². The average Bonchev–Trinajstić information content (AvgIpc) is 2.84. The van der Waals surface area contributed by atoms with E-state index < -0.39 is 0 Å². The molecule has 1 heterocycles. The Bertz CT molecular complexity index is 434. The van der Waals surface area contributed by atoms with Gasteiger partial charge in [-0.15, -0.1) is 0 Å². The highest BCUT2D eigenvalue weighted by atomic mass is 16.7. The first-order valence-electron chi connectivity index (χ1n) is 7.41. The molecule has 2 rings (SSSR count). The van der Waals surface area contributed by atoms with Gasteiger partial charge in [0.15, 0.2) is 11.5 Å². The van der Waals surface area contributed by atoms with Gasteiger partial charge in [0.1, 0.15) is 0 Å². The van der Waals surface area contributed by atoms with E-state index in [1.54, 1.807) is 0 Å². The largest absolute Gasteiger partial charge is 0.454 e. The van der Waals surface area contributed by atoms with Crippen molar-refractivity contribution in [3.8, 4) is 11.5 Å². The van der Waals surface area contributed by atoms with Gasteiger partial charge in [-0.25, -0.2) is 0 Å². The van der Waals surface area contributed by atoms with Crippen molar-refractivity contribution in [2.45, 2.75) is 26.8 Å². The summed E-state index contributed by atoms with van der Waals surface area (Å²) in [4.78, 5) is 2.38. The number of likely N-dealkylation sites (N-methyl/N-ethyl adjacent to an activating group) is 2. The average molecular weight is 278 g/mol. The standard InChI is InChI=1S/C16H26N2O2/c1-5-17-14(10-18(4)9-12(2)3)13-6-7-15-16(8-13)20-11-19-15/h6-8,12,14,17H,5,9-11H2,1-4H3. The molecule has 0 spiro atoms. The van der Waals surface area contributed by atoms with Crippen LogP contribution in [0.25, 0.3) is 0 Å². The van der Waals surface area contributed by atoms with Gasteiger partial charge in [-0.2, -0.15) is 0 Å². The monoisotopic (exact) mass is 278 g/mol. The minimum atomic E-state index is 0.318. The molecule has 0 aromatic heterocycles. The fourth-order valence-electron chi connectivity index (χ4n) is 2.67. The molecule has 0 bridgehead atoms. The molecule has 20 heavy (non-hydrogen) atoms. The molecule has 1 aliphatic rings. The van der Waals surface area contributed by atoms with Crippen molar-refractivity contribution in [3.63, 3.8) is 0 Å². The maximum atomic E-state index is 5.47. The number of fused-ring (bicyclic) bond motifs is 1. The molecular weight excluding hydrogens is 252 g/mol. The van der Waals surface area contributed by atoms with Crippen LogP contribution < -0.4 is 14.8 Å². The fourth-order valence-corrected chi connectivity index (χ4v) is 2.67. The predicted octanol–water partition coefficient (Wildman–Crippen LogP) is 2.65. The highest BCUT2D eigenvalue weighted by Gasteiger charge is 2.18. The van der Waals surface area contributed by atoms with E-state index in [4.69, 9.17) is 9.47 Å². The van der Waals surface area contributed by atoms with Gasteiger partial charge in [-0.3, -0.25) is 0 Å². The van der Waals surface area contributed by atoms with E-state index in [2.05, 4.69) is 50.2 Å². The number of rotatable bonds is 7.